The van der Waals surface area contributed by atoms with E-state index < -0.39 is 11.7 Å². The van der Waals surface area contributed by atoms with E-state index in [2.05, 4.69) is 49.6 Å². The molecule has 180 valence electrons. The molecule has 34 heavy (non-hydrogen) atoms. The molecule has 0 aliphatic rings. The van der Waals surface area contributed by atoms with Crippen molar-refractivity contribution in [3.8, 4) is 0 Å². The highest BCUT2D eigenvalue weighted by molar-refractivity contribution is 6.28. The quantitative estimate of drug-likeness (QED) is 0.442. The van der Waals surface area contributed by atoms with Crippen molar-refractivity contribution in [2.24, 2.45) is 0 Å². The van der Waals surface area contributed by atoms with Crippen LogP contribution in [0.2, 0.25) is 5.28 Å². The lowest BCUT2D eigenvalue weighted by Gasteiger charge is -2.20. The molecule has 0 bridgehead atoms. The van der Waals surface area contributed by atoms with Crippen LogP contribution in [-0.4, -0.2) is 44.7 Å². The third kappa shape index (κ3) is 7.84. The second kappa shape index (κ2) is 11.1. The molecule has 10 heteroatoms. The number of anilines is 3. The van der Waals surface area contributed by atoms with Crippen molar-refractivity contribution >= 4 is 35.3 Å². The first-order valence-electron chi connectivity index (χ1n) is 11.0. The number of rotatable bonds is 8. The number of amides is 1. The van der Waals surface area contributed by atoms with Crippen molar-refractivity contribution in [2.45, 2.75) is 52.3 Å². The molecule has 1 amide bonds. The molecule has 0 saturated carbocycles. The van der Waals surface area contributed by atoms with Crippen LogP contribution in [-0.2, 0) is 17.7 Å². The van der Waals surface area contributed by atoms with Crippen LogP contribution in [0.3, 0.4) is 0 Å². The minimum absolute atomic E-state index is 0.0723. The van der Waals surface area contributed by atoms with Gasteiger partial charge in [-0.1, -0.05) is 24.3 Å². The summed E-state index contributed by atoms with van der Waals surface area (Å²) in [6, 6.07) is 11.7. The fourth-order valence-corrected chi connectivity index (χ4v) is 3.36. The molecule has 0 radical (unpaired) electrons. The normalized spacial score (nSPS) is 12.1. The standard InChI is InChI=1S/C24H30ClN7O2/c1-16(13-17-7-6-8-18(14-17)15-28-23(33)34-24(2,3)4)29-22-27-12-10-20(31-22)32(5)19-9-11-26-21(25)30-19/h6-12,14,16H,13,15H2,1-5H3,(H,28,33)(H,27,29,31). The number of carbonyl (C=O) groups is 1. The lowest BCUT2D eigenvalue weighted by atomic mass is 10.0. The molecule has 0 saturated heterocycles. The van der Waals surface area contributed by atoms with Gasteiger partial charge in [-0.25, -0.2) is 19.7 Å². The molecule has 2 heterocycles. The largest absolute Gasteiger partial charge is 0.444 e. The molecule has 0 aliphatic carbocycles. The van der Waals surface area contributed by atoms with Crippen molar-refractivity contribution in [1.29, 1.82) is 0 Å². The monoisotopic (exact) mass is 483 g/mol. The number of nitrogens with zero attached hydrogens (tertiary/aromatic N) is 5. The maximum Gasteiger partial charge on any atom is 0.407 e. The Morgan fingerprint density at radius 3 is 2.47 bits per heavy atom. The lowest BCUT2D eigenvalue weighted by molar-refractivity contribution is 0.0523. The molecule has 1 aromatic carbocycles. The van der Waals surface area contributed by atoms with E-state index in [9.17, 15) is 4.79 Å². The average molecular weight is 484 g/mol. The van der Waals surface area contributed by atoms with E-state index >= 15 is 0 Å². The van der Waals surface area contributed by atoms with Crippen LogP contribution >= 0.6 is 11.6 Å². The average Bonchev–Trinajstić information content (AvgIpc) is 2.76. The lowest BCUT2D eigenvalue weighted by Crippen LogP contribution is -2.32. The molecular formula is C24H30ClN7O2. The summed E-state index contributed by atoms with van der Waals surface area (Å²) in [5, 5.41) is 6.31. The van der Waals surface area contributed by atoms with Crippen molar-refractivity contribution in [3.63, 3.8) is 0 Å². The van der Waals surface area contributed by atoms with E-state index in [-0.39, 0.29) is 11.3 Å². The van der Waals surface area contributed by atoms with E-state index in [1.807, 2.05) is 44.9 Å². The van der Waals surface area contributed by atoms with Gasteiger partial charge < -0.3 is 20.3 Å². The molecular weight excluding hydrogens is 454 g/mol. The third-order valence-electron chi connectivity index (χ3n) is 4.68. The van der Waals surface area contributed by atoms with Crippen LogP contribution < -0.4 is 15.5 Å². The molecule has 9 nitrogen and oxygen atoms in total. The number of ether oxygens (including phenoxy) is 1. The van der Waals surface area contributed by atoms with Crippen LogP contribution in [0.1, 0.15) is 38.8 Å². The van der Waals surface area contributed by atoms with Crippen molar-refractivity contribution in [1.82, 2.24) is 25.3 Å². The van der Waals surface area contributed by atoms with E-state index in [4.69, 9.17) is 16.3 Å². The fraction of sp³-hybridized carbons (Fsp3) is 0.375. The van der Waals surface area contributed by atoms with E-state index in [0.717, 1.165) is 17.5 Å². The fourth-order valence-electron chi connectivity index (χ4n) is 3.22. The Hall–Kier alpha value is -3.46. The SMILES string of the molecule is CC(Cc1cccc(CNC(=O)OC(C)(C)C)c1)Nc1nccc(N(C)c2ccnc(Cl)n2)n1. The summed E-state index contributed by atoms with van der Waals surface area (Å²) in [7, 11) is 1.85. The Morgan fingerprint density at radius 1 is 1.09 bits per heavy atom. The van der Waals surface area contributed by atoms with Gasteiger partial charge in [-0.05, 0) is 69.0 Å². The summed E-state index contributed by atoms with van der Waals surface area (Å²) in [6.07, 6.45) is 3.62. The van der Waals surface area contributed by atoms with Gasteiger partial charge in [0.25, 0.3) is 0 Å². The number of nitrogens with one attached hydrogen (secondary N) is 2. The number of benzene rings is 1. The highest BCUT2D eigenvalue weighted by atomic mass is 35.5. The van der Waals surface area contributed by atoms with E-state index in [0.29, 0.717) is 24.1 Å². The Balaban J connectivity index is 1.58. The first-order chi connectivity index (χ1) is 16.1. The van der Waals surface area contributed by atoms with Crippen molar-refractivity contribution < 1.29 is 9.53 Å². The van der Waals surface area contributed by atoms with Gasteiger partial charge >= 0.3 is 6.09 Å². The second-order valence-corrected chi connectivity index (χ2v) is 9.24. The zero-order valence-electron chi connectivity index (χ0n) is 20.0. The zero-order chi connectivity index (χ0) is 24.7. The van der Waals surface area contributed by atoms with Crippen LogP contribution in [0.15, 0.2) is 48.8 Å². The van der Waals surface area contributed by atoms with Gasteiger partial charge in [0.05, 0.1) is 0 Å². The van der Waals surface area contributed by atoms with Gasteiger partial charge in [-0.15, -0.1) is 0 Å². The Labute approximate surface area is 205 Å². The number of hydrogen-bond acceptors (Lipinski definition) is 8. The number of carbonyl (C=O) groups excluding carboxylic acids is 1. The van der Waals surface area contributed by atoms with E-state index in [1.54, 1.807) is 24.5 Å². The molecule has 3 rings (SSSR count). The van der Waals surface area contributed by atoms with E-state index in [1.165, 1.54) is 0 Å². The number of hydrogen-bond donors (Lipinski definition) is 2. The summed E-state index contributed by atoms with van der Waals surface area (Å²) < 4.78 is 5.29. The van der Waals surface area contributed by atoms with Gasteiger partial charge in [-0.2, -0.15) is 4.98 Å². The summed E-state index contributed by atoms with van der Waals surface area (Å²) in [5.41, 5.74) is 1.61. The molecule has 1 atom stereocenters. The first kappa shape index (κ1) is 25.2. The van der Waals surface area contributed by atoms with Crippen LogP contribution in [0.25, 0.3) is 0 Å². The summed E-state index contributed by atoms with van der Waals surface area (Å²) >= 11 is 5.90. The maximum absolute atomic E-state index is 11.9. The Morgan fingerprint density at radius 2 is 1.76 bits per heavy atom. The maximum atomic E-state index is 11.9. The molecule has 3 aromatic rings. The van der Waals surface area contributed by atoms with Gasteiger partial charge in [-0.3, -0.25) is 0 Å². The van der Waals surface area contributed by atoms with Gasteiger partial charge in [0.2, 0.25) is 11.2 Å². The van der Waals surface area contributed by atoms with Gasteiger partial charge in [0.15, 0.2) is 0 Å². The van der Waals surface area contributed by atoms with Gasteiger partial charge in [0.1, 0.15) is 17.2 Å². The number of aromatic nitrogens is 4. The van der Waals surface area contributed by atoms with Gasteiger partial charge in [0, 0.05) is 32.0 Å². The Kier molecular flexibility index (Phi) is 8.22. The predicted octanol–water partition coefficient (Wildman–Crippen LogP) is 4.76. The minimum Gasteiger partial charge on any atom is -0.444 e. The molecule has 2 aromatic heterocycles. The first-order valence-corrected chi connectivity index (χ1v) is 11.3. The zero-order valence-corrected chi connectivity index (χ0v) is 20.8. The third-order valence-corrected chi connectivity index (χ3v) is 4.87. The molecule has 0 fully saturated rings. The molecule has 0 aliphatic heterocycles. The summed E-state index contributed by atoms with van der Waals surface area (Å²) in [4.78, 5) is 30.8. The van der Waals surface area contributed by atoms with Crippen molar-refractivity contribution in [3.05, 3.63) is 65.2 Å². The molecule has 0 spiro atoms. The minimum atomic E-state index is -0.525. The van der Waals surface area contributed by atoms with Crippen LogP contribution in [0, 0.1) is 0 Å². The highest BCUT2D eigenvalue weighted by Crippen LogP contribution is 2.21. The second-order valence-electron chi connectivity index (χ2n) is 8.91. The smallest absolute Gasteiger partial charge is 0.407 e. The summed E-state index contributed by atoms with van der Waals surface area (Å²) in [5.74, 6) is 1.82. The van der Waals surface area contributed by atoms with Crippen LogP contribution in [0.4, 0.5) is 22.4 Å². The summed E-state index contributed by atoms with van der Waals surface area (Å²) in [6.45, 7) is 7.98. The number of halogens is 1. The highest BCUT2D eigenvalue weighted by Gasteiger charge is 2.16. The molecule has 1 unspecified atom stereocenters. The topological polar surface area (TPSA) is 105 Å². The predicted molar refractivity (Wildman–Crippen MR) is 133 cm³/mol. The van der Waals surface area contributed by atoms with Crippen LogP contribution in [0.5, 0.6) is 0 Å². The Bertz CT molecular complexity index is 1120. The van der Waals surface area contributed by atoms with Crippen molar-refractivity contribution in [2.75, 3.05) is 17.3 Å². The molecule has 2 N–H and O–H groups in total. The number of alkyl carbamates (subject to hydrolysis) is 1.